The van der Waals surface area contributed by atoms with Crippen LogP contribution in [0.2, 0.25) is 0 Å². The first-order valence-corrected chi connectivity index (χ1v) is 5.52. The van der Waals surface area contributed by atoms with Gasteiger partial charge in [0, 0.05) is 22.3 Å². The number of rotatable bonds is 0. The summed E-state index contributed by atoms with van der Waals surface area (Å²) in [5, 5.41) is 1.29. The van der Waals surface area contributed by atoms with Crippen molar-refractivity contribution in [3.63, 3.8) is 0 Å². The smallest absolute Gasteiger partial charge is 0.135 e. The van der Waals surface area contributed by atoms with Gasteiger partial charge in [-0.25, -0.2) is 0 Å². The van der Waals surface area contributed by atoms with Crippen molar-refractivity contribution in [1.82, 2.24) is 0 Å². The summed E-state index contributed by atoms with van der Waals surface area (Å²) in [5.41, 5.74) is 2.43. The molecule has 14 heavy (non-hydrogen) atoms. The number of fused-ring (bicyclic) bond motifs is 3. The average Bonchev–Trinajstić information content (AvgIpc) is 2.54. The Hall–Kier alpha value is -0.890. The molecule has 1 aromatic heterocycles. The highest BCUT2D eigenvalue weighted by molar-refractivity contribution is 7.80. The molecular formula is C12H12OS. The van der Waals surface area contributed by atoms with Gasteiger partial charge in [-0.05, 0) is 37.5 Å². The van der Waals surface area contributed by atoms with Crippen LogP contribution >= 0.6 is 12.6 Å². The molecule has 0 atom stereocenters. The van der Waals surface area contributed by atoms with Crippen LogP contribution < -0.4 is 0 Å². The van der Waals surface area contributed by atoms with Crippen molar-refractivity contribution < 1.29 is 4.42 Å². The van der Waals surface area contributed by atoms with Gasteiger partial charge in [0.05, 0.1) is 0 Å². The van der Waals surface area contributed by atoms with Crippen LogP contribution in [0.5, 0.6) is 0 Å². The fourth-order valence-corrected chi connectivity index (χ4v) is 2.44. The molecule has 0 N–H and O–H groups in total. The highest BCUT2D eigenvalue weighted by Gasteiger charge is 2.17. The lowest BCUT2D eigenvalue weighted by molar-refractivity contribution is 0.505. The van der Waals surface area contributed by atoms with Crippen molar-refractivity contribution >= 4 is 23.6 Å². The lowest BCUT2D eigenvalue weighted by Crippen LogP contribution is -1.98. The maximum Gasteiger partial charge on any atom is 0.135 e. The third kappa shape index (κ3) is 1.17. The minimum atomic E-state index is 0.976. The molecule has 2 heteroatoms. The summed E-state index contributed by atoms with van der Waals surface area (Å²) in [5.74, 6) is 1.20. The summed E-state index contributed by atoms with van der Waals surface area (Å²) < 4.78 is 5.82. The zero-order chi connectivity index (χ0) is 9.54. The maximum absolute atomic E-state index is 5.82. The Morgan fingerprint density at radius 3 is 2.93 bits per heavy atom. The van der Waals surface area contributed by atoms with Gasteiger partial charge in [-0.1, -0.05) is 0 Å². The van der Waals surface area contributed by atoms with Crippen LogP contribution in [0.3, 0.4) is 0 Å². The zero-order valence-electron chi connectivity index (χ0n) is 7.92. The van der Waals surface area contributed by atoms with Gasteiger partial charge in [0.15, 0.2) is 0 Å². The molecule has 72 valence electrons. The molecule has 0 aliphatic heterocycles. The van der Waals surface area contributed by atoms with E-state index in [1.807, 2.05) is 12.1 Å². The van der Waals surface area contributed by atoms with Gasteiger partial charge in [0.2, 0.25) is 0 Å². The number of aryl methyl sites for hydroxylation is 2. The molecule has 1 aliphatic rings. The van der Waals surface area contributed by atoms with Gasteiger partial charge >= 0.3 is 0 Å². The minimum Gasteiger partial charge on any atom is -0.461 e. The van der Waals surface area contributed by atoms with Gasteiger partial charge in [-0.3, -0.25) is 0 Å². The Morgan fingerprint density at radius 1 is 1.14 bits per heavy atom. The number of hydrogen-bond acceptors (Lipinski definition) is 2. The normalized spacial score (nSPS) is 15.8. The molecule has 0 bridgehead atoms. The lowest BCUT2D eigenvalue weighted by Gasteiger charge is -2.08. The molecule has 0 saturated carbocycles. The molecule has 0 radical (unpaired) electrons. The van der Waals surface area contributed by atoms with Crippen LogP contribution in [0.1, 0.15) is 24.2 Å². The Kier molecular flexibility index (Phi) is 1.84. The molecule has 1 heterocycles. The molecule has 0 spiro atoms. The van der Waals surface area contributed by atoms with E-state index in [-0.39, 0.29) is 0 Å². The van der Waals surface area contributed by atoms with Crippen molar-refractivity contribution in [1.29, 1.82) is 0 Å². The summed E-state index contributed by atoms with van der Waals surface area (Å²) in [6, 6.07) is 6.18. The standard InChI is InChI=1S/C12H12OS/c14-8-5-6-10-9-3-1-2-4-11(9)13-12(10)7-8/h5-7,14H,1-4H2. The minimum absolute atomic E-state index is 0.976. The van der Waals surface area contributed by atoms with Crippen molar-refractivity contribution in [2.75, 3.05) is 0 Å². The molecular weight excluding hydrogens is 192 g/mol. The largest absolute Gasteiger partial charge is 0.461 e. The predicted molar refractivity (Wildman–Crippen MR) is 60.1 cm³/mol. The van der Waals surface area contributed by atoms with E-state index in [1.165, 1.54) is 36.0 Å². The molecule has 1 aromatic carbocycles. The van der Waals surface area contributed by atoms with E-state index < -0.39 is 0 Å². The summed E-state index contributed by atoms with van der Waals surface area (Å²) in [4.78, 5) is 0.976. The molecule has 1 aliphatic carbocycles. The highest BCUT2D eigenvalue weighted by atomic mass is 32.1. The Morgan fingerprint density at radius 2 is 2.00 bits per heavy atom. The van der Waals surface area contributed by atoms with Crippen LogP contribution in [-0.2, 0) is 12.8 Å². The van der Waals surface area contributed by atoms with Crippen LogP contribution in [0, 0.1) is 0 Å². The summed E-state index contributed by atoms with van der Waals surface area (Å²) >= 11 is 4.32. The fourth-order valence-electron chi connectivity index (χ4n) is 2.25. The average molecular weight is 204 g/mol. The molecule has 1 nitrogen and oxygen atoms in total. The maximum atomic E-state index is 5.82. The molecule has 0 saturated heterocycles. The molecule has 3 rings (SSSR count). The topological polar surface area (TPSA) is 13.1 Å². The van der Waals surface area contributed by atoms with E-state index >= 15 is 0 Å². The first kappa shape index (κ1) is 8.42. The Balaban J connectivity index is 2.31. The SMILES string of the molecule is Sc1ccc2c3c(oc2c1)CCCC3. The van der Waals surface area contributed by atoms with E-state index in [9.17, 15) is 0 Å². The quantitative estimate of drug-likeness (QED) is 0.647. The number of furan rings is 1. The van der Waals surface area contributed by atoms with Gasteiger partial charge in [-0.2, -0.15) is 0 Å². The summed E-state index contributed by atoms with van der Waals surface area (Å²) in [7, 11) is 0. The van der Waals surface area contributed by atoms with Crippen LogP contribution in [0.15, 0.2) is 27.5 Å². The highest BCUT2D eigenvalue weighted by Crippen LogP contribution is 2.32. The second kappa shape index (κ2) is 3.06. The van der Waals surface area contributed by atoms with E-state index in [2.05, 4.69) is 18.7 Å². The van der Waals surface area contributed by atoms with Crippen LogP contribution in [0.4, 0.5) is 0 Å². The summed E-state index contributed by atoms with van der Waals surface area (Å²) in [6.45, 7) is 0. The number of thiol groups is 1. The fraction of sp³-hybridized carbons (Fsp3) is 0.333. The van der Waals surface area contributed by atoms with E-state index in [0.717, 1.165) is 16.9 Å². The molecule has 0 unspecified atom stereocenters. The van der Waals surface area contributed by atoms with Crippen molar-refractivity contribution in [2.45, 2.75) is 30.6 Å². The Bertz CT molecular complexity index is 484. The van der Waals surface area contributed by atoms with Gasteiger partial charge in [0.1, 0.15) is 11.3 Å². The third-order valence-electron chi connectivity index (χ3n) is 2.94. The van der Waals surface area contributed by atoms with E-state index in [4.69, 9.17) is 4.42 Å². The monoisotopic (exact) mass is 204 g/mol. The molecule has 0 fully saturated rings. The Labute approximate surface area is 88.5 Å². The second-order valence-electron chi connectivity index (χ2n) is 3.89. The number of benzene rings is 1. The predicted octanol–water partition coefficient (Wildman–Crippen LogP) is 3.60. The summed E-state index contributed by atoms with van der Waals surface area (Å²) in [6.07, 6.45) is 4.84. The molecule has 2 aromatic rings. The first-order valence-electron chi connectivity index (χ1n) is 5.08. The van der Waals surface area contributed by atoms with E-state index in [0.29, 0.717) is 0 Å². The van der Waals surface area contributed by atoms with Crippen molar-refractivity contribution in [3.05, 3.63) is 29.5 Å². The van der Waals surface area contributed by atoms with Crippen LogP contribution in [0.25, 0.3) is 11.0 Å². The molecule has 0 amide bonds. The third-order valence-corrected chi connectivity index (χ3v) is 3.22. The van der Waals surface area contributed by atoms with Crippen LogP contribution in [-0.4, -0.2) is 0 Å². The van der Waals surface area contributed by atoms with Gasteiger partial charge < -0.3 is 4.42 Å². The number of hydrogen-bond donors (Lipinski definition) is 1. The van der Waals surface area contributed by atoms with Crippen molar-refractivity contribution in [3.8, 4) is 0 Å². The lowest BCUT2D eigenvalue weighted by atomic mass is 9.96. The zero-order valence-corrected chi connectivity index (χ0v) is 8.81. The van der Waals surface area contributed by atoms with E-state index in [1.54, 1.807) is 0 Å². The van der Waals surface area contributed by atoms with Gasteiger partial charge in [0.25, 0.3) is 0 Å². The van der Waals surface area contributed by atoms with Gasteiger partial charge in [-0.15, -0.1) is 12.6 Å². The van der Waals surface area contributed by atoms with Crippen molar-refractivity contribution in [2.24, 2.45) is 0 Å². The second-order valence-corrected chi connectivity index (χ2v) is 4.41. The first-order chi connectivity index (χ1) is 6.84.